The minimum Gasteiger partial charge on any atom is -0.507 e. The number of piperidine rings is 2. The van der Waals surface area contributed by atoms with Crippen molar-refractivity contribution in [3.05, 3.63) is 39.7 Å². The molecule has 33 heavy (non-hydrogen) atoms. The van der Waals surface area contributed by atoms with E-state index >= 15 is 0 Å². The first-order valence-electron chi connectivity index (χ1n) is 11.6. The van der Waals surface area contributed by atoms with Gasteiger partial charge < -0.3 is 19.2 Å². The van der Waals surface area contributed by atoms with Crippen molar-refractivity contribution in [1.82, 2.24) is 9.80 Å². The van der Waals surface area contributed by atoms with Gasteiger partial charge >= 0.3 is 11.8 Å². The number of fused-ring (bicyclic) bond motifs is 2. The van der Waals surface area contributed by atoms with Crippen LogP contribution in [0.4, 0.5) is 13.2 Å². The van der Waals surface area contributed by atoms with Crippen molar-refractivity contribution in [3.63, 3.8) is 0 Å². The first-order valence-corrected chi connectivity index (χ1v) is 11.6. The SMILES string of the molecule is COCCN(Cc1c(O)ccc2c(C(F)(F)F)cc(=O)oc12)C[C@@H]1CCCN2CCCC[C@H]12. The van der Waals surface area contributed by atoms with Crippen LogP contribution in [0.5, 0.6) is 5.75 Å². The molecule has 0 bridgehead atoms. The number of phenolic OH excluding ortho intramolecular Hbond substituents is 1. The molecule has 2 saturated heterocycles. The largest absolute Gasteiger partial charge is 0.507 e. The summed E-state index contributed by atoms with van der Waals surface area (Å²) in [6, 6.07) is 3.37. The Labute approximate surface area is 190 Å². The van der Waals surface area contributed by atoms with Crippen LogP contribution in [-0.2, 0) is 17.5 Å². The van der Waals surface area contributed by atoms with E-state index in [4.69, 9.17) is 9.15 Å². The summed E-state index contributed by atoms with van der Waals surface area (Å²) < 4.78 is 51.1. The molecule has 1 aromatic carbocycles. The summed E-state index contributed by atoms with van der Waals surface area (Å²) in [6.45, 7) is 4.15. The lowest BCUT2D eigenvalue weighted by Crippen LogP contribution is -2.51. The number of alkyl halides is 3. The molecule has 1 aromatic heterocycles. The van der Waals surface area contributed by atoms with Gasteiger partial charge in [-0.2, -0.15) is 13.2 Å². The van der Waals surface area contributed by atoms with Gasteiger partial charge in [0.05, 0.1) is 17.7 Å². The van der Waals surface area contributed by atoms with Crippen molar-refractivity contribution in [2.75, 3.05) is 39.9 Å². The van der Waals surface area contributed by atoms with Gasteiger partial charge in [0, 0.05) is 44.2 Å². The van der Waals surface area contributed by atoms with E-state index in [0.717, 1.165) is 45.0 Å². The Morgan fingerprint density at radius 2 is 2.00 bits per heavy atom. The van der Waals surface area contributed by atoms with Gasteiger partial charge in [0.1, 0.15) is 11.3 Å². The molecule has 2 fully saturated rings. The number of ether oxygens (including phenoxy) is 1. The third-order valence-electron chi connectivity index (χ3n) is 7.01. The Kier molecular flexibility index (Phi) is 7.31. The van der Waals surface area contributed by atoms with Gasteiger partial charge in [0.2, 0.25) is 0 Å². The van der Waals surface area contributed by atoms with Crippen molar-refractivity contribution in [2.24, 2.45) is 5.92 Å². The molecule has 182 valence electrons. The molecule has 1 N–H and O–H groups in total. The molecule has 2 aliphatic heterocycles. The van der Waals surface area contributed by atoms with Crippen LogP contribution in [-0.4, -0.2) is 60.8 Å². The molecule has 0 saturated carbocycles. The molecule has 0 amide bonds. The smallest absolute Gasteiger partial charge is 0.417 e. The van der Waals surface area contributed by atoms with Crippen LogP contribution in [0, 0.1) is 5.92 Å². The molecule has 2 atom stereocenters. The predicted molar refractivity (Wildman–Crippen MR) is 118 cm³/mol. The van der Waals surface area contributed by atoms with Crippen LogP contribution in [0.2, 0.25) is 0 Å². The van der Waals surface area contributed by atoms with E-state index in [1.54, 1.807) is 7.11 Å². The molecular weight excluding hydrogens is 437 g/mol. The number of methoxy groups -OCH3 is 1. The number of benzene rings is 1. The zero-order valence-corrected chi connectivity index (χ0v) is 18.9. The number of halogens is 3. The zero-order valence-electron chi connectivity index (χ0n) is 18.9. The first kappa shape index (κ1) is 24.0. The second-order valence-corrected chi connectivity index (χ2v) is 9.15. The van der Waals surface area contributed by atoms with Crippen LogP contribution < -0.4 is 5.63 Å². The van der Waals surface area contributed by atoms with Gasteiger partial charge in [-0.05, 0) is 56.8 Å². The van der Waals surface area contributed by atoms with E-state index in [-0.39, 0.29) is 28.8 Å². The summed E-state index contributed by atoms with van der Waals surface area (Å²) in [5.41, 5.74) is -2.15. The topological polar surface area (TPSA) is 66.2 Å². The fraction of sp³-hybridized carbons (Fsp3) is 0.625. The van der Waals surface area contributed by atoms with Gasteiger partial charge in [0.25, 0.3) is 0 Å². The highest BCUT2D eigenvalue weighted by Crippen LogP contribution is 2.38. The predicted octanol–water partition coefficient (Wildman–Crippen LogP) is 4.23. The third-order valence-corrected chi connectivity index (χ3v) is 7.01. The summed E-state index contributed by atoms with van der Waals surface area (Å²) in [4.78, 5) is 16.6. The maximum Gasteiger partial charge on any atom is 0.417 e. The summed E-state index contributed by atoms with van der Waals surface area (Å²) in [5.74, 6) is 0.251. The Morgan fingerprint density at radius 1 is 1.21 bits per heavy atom. The van der Waals surface area contributed by atoms with E-state index in [2.05, 4.69) is 9.80 Å². The standard InChI is InChI=1S/C24H31F3N2O4/c1-32-12-11-28(14-16-5-4-10-29-9-3-2-6-20(16)29)15-18-21(30)8-7-17-19(24(25,26)27)13-22(31)33-23(17)18/h7-8,13,16,20,30H,2-6,9-12,14-15H2,1H3/t16-,20+/m0/s1. The molecule has 2 aliphatic rings. The van der Waals surface area contributed by atoms with Crippen molar-refractivity contribution >= 4 is 11.0 Å². The number of aromatic hydroxyl groups is 1. The third kappa shape index (κ3) is 5.36. The zero-order chi connectivity index (χ0) is 23.6. The highest BCUT2D eigenvalue weighted by molar-refractivity contribution is 5.85. The fourth-order valence-corrected chi connectivity index (χ4v) is 5.46. The highest BCUT2D eigenvalue weighted by Gasteiger charge is 2.36. The Hall–Kier alpha value is -2.10. The van der Waals surface area contributed by atoms with Crippen molar-refractivity contribution in [1.29, 1.82) is 0 Å². The second-order valence-electron chi connectivity index (χ2n) is 9.15. The number of phenols is 1. The summed E-state index contributed by atoms with van der Waals surface area (Å²) in [6.07, 6.45) is 1.12. The maximum atomic E-state index is 13.6. The summed E-state index contributed by atoms with van der Waals surface area (Å²) in [7, 11) is 1.60. The highest BCUT2D eigenvalue weighted by atomic mass is 19.4. The van der Waals surface area contributed by atoms with Crippen molar-refractivity contribution < 1.29 is 27.4 Å². The molecule has 2 aromatic rings. The minimum atomic E-state index is -4.70. The Bertz CT molecular complexity index is 1020. The minimum absolute atomic E-state index is 0.167. The molecule has 3 heterocycles. The number of rotatable bonds is 7. The van der Waals surface area contributed by atoms with E-state index in [1.807, 2.05) is 0 Å². The number of hydrogen-bond donors (Lipinski definition) is 1. The van der Waals surface area contributed by atoms with Crippen LogP contribution in [0.1, 0.15) is 43.2 Å². The average molecular weight is 469 g/mol. The molecule has 9 heteroatoms. The van der Waals surface area contributed by atoms with E-state index in [1.165, 1.54) is 18.9 Å². The van der Waals surface area contributed by atoms with Crippen LogP contribution in [0.25, 0.3) is 11.0 Å². The molecule has 4 rings (SSSR count). The number of nitrogens with zero attached hydrogens (tertiary/aromatic N) is 2. The maximum absolute atomic E-state index is 13.6. The molecule has 0 spiro atoms. The Morgan fingerprint density at radius 3 is 2.76 bits per heavy atom. The molecule has 0 radical (unpaired) electrons. The van der Waals surface area contributed by atoms with Crippen LogP contribution in [0.15, 0.2) is 27.4 Å². The summed E-state index contributed by atoms with van der Waals surface area (Å²) >= 11 is 0. The first-order chi connectivity index (χ1) is 15.8. The fourth-order valence-electron chi connectivity index (χ4n) is 5.46. The van der Waals surface area contributed by atoms with Crippen molar-refractivity contribution in [3.8, 4) is 5.75 Å². The van der Waals surface area contributed by atoms with Crippen LogP contribution in [0.3, 0.4) is 0 Å². The second kappa shape index (κ2) is 10.0. The molecule has 0 unspecified atom stereocenters. The van der Waals surface area contributed by atoms with Crippen molar-refractivity contribution in [2.45, 2.75) is 50.9 Å². The van der Waals surface area contributed by atoms with Gasteiger partial charge in [-0.1, -0.05) is 6.42 Å². The summed E-state index contributed by atoms with van der Waals surface area (Å²) in [5, 5.41) is 10.3. The molecule has 0 aliphatic carbocycles. The van der Waals surface area contributed by atoms with Gasteiger partial charge in [0.15, 0.2) is 0 Å². The van der Waals surface area contributed by atoms with E-state index in [9.17, 15) is 23.1 Å². The monoisotopic (exact) mass is 468 g/mol. The van der Waals surface area contributed by atoms with E-state index < -0.39 is 17.4 Å². The van der Waals surface area contributed by atoms with Gasteiger partial charge in [-0.15, -0.1) is 0 Å². The number of hydrogen-bond acceptors (Lipinski definition) is 6. The lowest BCUT2D eigenvalue weighted by Gasteiger charge is -2.45. The lowest BCUT2D eigenvalue weighted by atomic mass is 9.83. The normalized spacial score (nSPS) is 22.1. The molecule has 6 nitrogen and oxygen atoms in total. The average Bonchev–Trinajstić information content (AvgIpc) is 2.78. The van der Waals surface area contributed by atoms with E-state index in [0.29, 0.717) is 31.2 Å². The Balaban J connectivity index is 1.66. The van der Waals surface area contributed by atoms with Gasteiger partial charge in [-0.25, -0.2) is 4.79 Å². The molecular formula is C24H31F3N2O4. The quantitative estimate of drug-likeness (QED) is 0.614. The lowest BCUT2D eigenvalue weighted by molar-refractivity contribution is -0.136. The van der Waals surface area contributed by atoms with Crippen LogP contribution >= 0.6 is 0 Å². The van der Waals surface area contributed by atoms with Gasteiger partial charge in [-0.3, -0.25) is 4.90 Å².